The van der Waals surface area contributed by atoms with Gasteiger partial charge in [-0.05, 0) is 12.1 Å². The largest absolute Gasteiger partial charge is 0.396 e. The number of hydrogen-bond donors (Lipinski definition) is 3. The van der Waals surface area contributed by atoms with Crippen LogP contribution in [0.5, 0.6) is 0 Å². The molecule has 1 amide bonds. The molecule has 0 unspecified atom stereocenters. The number of nitrogens with one attached hydrogen (secondary N) is 2. The first-order valence-corrected chi connectivity index (χ1v) is 7.41. The number of pyridine rings is 1. The molecular formula is C11H18N4O4S. The van der Waals surface area contributed by atoms with Gasteiger partial charge in [0.05, 0.1) is 12.3 Å². The summed E-state index contributed by atoms with van der Waals surface area (Å²) in [4.78, 5) is 15.1. The summed E-state index contributed by atoms with van der Waals surface area (Å²) in [5, 5.41) is 2.35. The van der Waals surface area contributed by atoms with E-state index in [9.17, 15) is 13.2 Å². The van der Waals surface area contributed by atoms with Crippen LogP contribution in [0.25, 0.3) is 0 Å². The lowest BCUT2D eigenvalue weighted by Gasteiger charge is -2.08. The van der Waals surface area contributed by atoms with Crippen molar-refractivity contribution >= 4 is 21.6 Å². The lowest BCUT2D eigenvalue weighted by atomic mass is 10.4. The van der Waals surface area contributed by atoms with Gasteiger partial charge >= 0.3 is 0 Å². The van der Waals surface area contributed by atoms with Gasteiger partial charge in [-0.1, -0.05) is 0 Å². The Hall–Kier alpha value is -1.71. The number of carbonyl (C=O) groups excluding carboxylic acids is 1. The van der Waals surface area contributed by atoms with Crippen LogP contribution in [0.3, 0.4) is 0 Å². The predicted molar refractivity (Wildman–Crippen MR) is 73.3 cm³/mol. The molecule has 0 aliphatic rings. The van der Waals surface area contributed by atoms with E-state index in [1.165, 1.54) is 25.4 Å². The highest BCUT2D eigenvalue weighted by Crippen LogP contribution is 2.13. The minimum Gasteiger partial charge on any atom is -0.396 e. The van der Waals surface area contributed by atoms with Crippen molar-refractivity contribution in [2.24, 2.45) is 0 Å². The Kier molecular flexibility index (Phi) is 6.36. The first-order valence-electron chi connectivity index (χ1n) is 5.93. The highest BCUT2D eigenvalue weighted by molar-refractivity contribution is 7.89. The fourth-order valence-electron chi connectivity index (χ4n) is 1.38. The normalized spacial score (nSPS) is 11.2. The molecule has 0 saturated heterocycles. The van der Waals surface area contributed by atoms with E-state index in [2.05, 4.69) is 15.0 Å². The zero-order valence-corrected chi connectivity index (χ0v) is 11.9. The predicted octanol–water partition coefficient (Wildman–Crippen LogP) is -0.905. The van der Waals surface area contributed by atoms with Crippen LogP contribution in [-0.2, 0) is 19.6 Å². The summed E-state index contributed by atoms with van der Waals surface area (Å²) in [6.07, 6.45) is 1.36. The van der Waals surface area contributed by atoms with Gasteiger partial charge in [-0.3, -0.25) is 4.79 Å². The molecule has 112 valence electrons. The number of nitrogens with zero attached hydrogens (tertiary/aromatic N) is 1. The van der Waals surface area contributed by atoms with Crippen LogP contribution >= 0.6 is 0 Å². The monoisotopic (exact) mass is 302 g/mol. The molecular weight excluding hydrogens is 284 g/mol. The Morgan fingerprint density at radius 1 is 1.45 bits per heavy atom. The van der Waals surface area contributed by atoms with Gasteiger partial charge in [0.2, 0.25) is 5.91 Å². The summed E-state index contributed by atoms with van der Waals surface area (Å²) in [5.74, 6) is -0.265. The van der Waals surface area contributed by atoms with Crippen LogP contribution in [0.1, 0.15) is 6.42 Å². The van der Waals surface area contributed by atoms with E-state index >= 15 is 0 Å². The summed E-state index contributed by atoms with van der Waals surface area (Å²) in [7, 11) is -2.28. The second kappa shape index (κ2) is 7.78. The Balaban J connectivity index is 2.45. The van der Waals surface area contributed by atoms with E-state index in [1.54, 1.807) is 0 Å². The lowest BCUT2D eigenvalue weighted by Crippen LogP contribution is -2.32. The minimum absolute atomic E-state index is 0.0235. The van der Waals surface area contributed by atoms with E-state index in [-0.39, 0.29) is 29.6 Å². The third kappa shape index (κ3) is 5.11. The van der Waals surface area contributed by atoms with E-state index in [1.807, 2.05) is 0 Å². The first kappa shape index (κ1) is 16.3. The smallest absolute Gasteiger partial charge is 0.260 e. The Labute approximate surface area is 117 Å². The molecule has 0 saturated carbocycles. The van der Waals surface area contributed by atoms with Gasteiger partial charge in [-0.15, -0.1) is 0 Å². The highest BCUT2D eigenvalue weighted by atomic mass is 32.2. The zero-order chi connectivity index (χ0) is 15.0. The Bertz CT molecular complexity index is 547. The summed E-state index contributed by atoms with van der Waals surface area (Å²) in [6, 6.07) is 2.98. The molecule has 9 heteroatoms. The van der Waals surface area contributed by atoms with Crippen molar-refractivity contribution in [1.82, 2.24) is 15.0 Å². The van der Waals surface area contributed by atoms with Crippen LogP contribution < -0.4 is 15.8 Å². The zero-order valence-electron chi connectivity index (χ0n) is 11.1. The van der Waals surface area contributed by atoms with Crippen molar-refractivity contribution in [1.29, 1.82) is 0 Å². The molecule has 0 fully saturated rings. The quantitative estimate of drug-likeness (QED) is 0.534. The number of nitrogen functional groups attached to an aromatic ring is 1. The van der Waals surface area contributed by atoms with E-state index in [0.29, 0.717) is 13.2 Å². The van der Waals surface area contributed by atoms with Crippen molar-refractivity contribution in [2.75, 3.05) is 32.5 Å². The number of ether oxygens (including phenoxy) is 1. The number of anilines is 1. The number of rotatable bonds is 8. The molecule has 1 aromatic heterocycles. The molecule has 0 atom stereocenters. The van der Waals surface area contributed by atoms with Gasteiger partial charge in [0.1, 0.15) is 0 Å². The molecule has 1 rings (SSSR count). The van der Waals surface area contributed by atoms with Gasteiger partial charge in [0, 0.05) is 32.8 Å². The third-order valence-electron chi connectivity index (χ3n) is 2.33. The first-order chi connectivity index (χ1) is 9.47. The summed E-state index contributed by atoms with van der Waals surface area (Å²) in [5.41, 5.74) is 5.60. The maximum atomic E-state index is 11.9. The maximum absolute atomic E-state index is 11.9. The van der Waals surface area contributed by atoms with Crippen molar-refractivity contribution in [3.63, 3.8) is 0 Å². The average Bonchev–Trinajstić information content (AvgIpc) is 2.39. The van der Waals surface area contributed by atoms with Crippen molar-refractivity contribution in [2.45, 2.75) is 11.4 Å². The van der Waals surface area contributed by atoms with Gasteiger partial charge in [-0.2, -0.15) is 0 Å². The number of sulfonamides is 1. The fourth-order valence-corrected chi connectivity index (χ4v) is 2.46. The number of nitrogens with two attached hydrogens (primary N) is 1. The van der Waals surface area contributed by atoms with Gasteiger partial charge in [-0.25, -0.2) is 18.1 Å². The lowest BCUT2D eigenvalue weighted by molar-refractivity contribution is -0.121. The molecule has 1 aromatic rings. The molecule has 0 bridgehead atoms. The van der Waals surface area contributed by atoms with E-state index in [4.69, 9.17) is 10.5 Å². The average molecular weight is 302 g/mol. The maximum Gasteiger partial charge on any atom is 0.260 e. The second-order valence-corrected chi connectivity index (χ2v) is 5.57. The second-order valence-electron chi connectivity index (χ2n) is 3.89. The standard InChI is InChI=1S/C11H18N4O4S/c1-19-8-7-13-10(16)4-6-15-20(17,18)11-9(12)3-2-5-14-11/h2-3,5,15H,4,6-8,12H2,1H3,(H,13,16). The Morgan fingerprint density at radius 2 is 2.20 bits per heavy atom. The van der Waals surface area contributed by atoms with Gasteiger partial charge in [0.15, 0.2) is 5.03 Å². The molecule has 0 aliphatic carbocycles. The summed E-state index contributed by atoms with van der Waals surface area (Å²) in [6.45, 7) is 0.758. The van der Waals surface area contributed by atoms with Crippen molar-refractivity contribution in [3.05, 3.63) is 18.3 Å². The van der Waals surface area contributed by atoms with Crippen LogP contribution in [0.4, 0.5) is 5.69 Å². The molecule has 8 nitrogen and oxygen atoms in total. The number of carbonyl (C=O) groups is 1. The summed E-state index contributed by atoms with van der Waals surface area (Å²) < 4.78 is 30.8. The third-order valence-corrected chi connectivity index (χ3v) is 3.76. The molecule has 0 spiro atoms. The number of aromatic nitrogens is 1. The van der Waals surface area contributed by atoms with Gasteiger partial charge in [0.25, 0.3) is 10.0 Å². The number of methoxy groups -OCH3 is 1. The molecule has 20 heavy (non-hydrogen) atoms. The molecule has 0 aromatic carbocycles. The molecule has 0 radical (unpaired) electrons. The highest BCUT2D eigenvalue weighted by Gasteiger charge is 2.18. The number of hydrogen-bond acceptors (Lipinski definition) is 6. The van der Waals surface area contributed by atoms with E-state index < -0.39 is 10.0 Å². The molecule has 0 aliphatic heterocycles. The van der Waals surface area contributed by atoms with Crippen LogP contribution in [-0.4, -0.2) is 46.1 Å². The minimum atomic E-state index is -3.80. The molecule has 4 N–H and O–H groups in total. The topological polar surface area (TPSA) is 123 Å². The van der Waals surface area contributed by atoms with Crippen LogP contribution in [0.2, 0.25) is 0 Å². The number of amides is 1. The van der Waals surface area contributed by atoms with Crippen molar-refractivity contribution < 1.29 is 17.9 Å². The summed E-state index contributed by atoms with van der Waals surface area (Å²) >= 11 is 0. The van der Waals surface area contributed by atoms with Gasteiger partial charge < -0.3 is 15.8 Å². The SMILES string of the molecule is COCCNC(=O)CCNS(=O)(=O)c1ncccc1N. The Morgan fingerprint density at radius 3 is 2.85 bits per heavy atom. The van der Waals surface area contributed by atoms with Crippen LogP contribution in [0.15, 0.2) is 23.4 Å². The van der Waals surface area contributed by atoms with Crippen LogP contribution in [0, 0.1) is 0 Å². The van der Waals surface area contributed by atoms with E-state index in [0.717, 1.165) is 0 Å². The fraction of sp³-hybridized carbons (Fsp3) is 0.455. The molecule has 1 heterocycles. The van der Waals surface area contributed by atoms with Crippen molar-refractivity contribution in [3.8, 4) is 0 Å².